The average Bonchev–Trinajstić information content (AvgIpc) is 3.01. The van der Waals surface area contributed by atoms with Crippen LogP contribution in [0.1, 0.15) is 27.4 Å². The van der Waals surface area contributed by atoms with Gasteiger partial charge in [-0.15, -0.1) is 0 Å². The number of hydrogen-bond donors (Lipinski definition) is 1. The molecule has 0 saturated carbocycles. The molecular formula is C19H14ClFN4O. The van der Waals surface area contributed by atoms with E-state index in [0.29, 0.717) is 33.4 Å². The van der Waals surface area contributed by atoms with E-state index in [1.54, 1.807) is 48.1 Å². The number of carbonyl (C=O) groups excluding carboxylic acids is 1. The van der Waals surface area contributed by atoms with Gasteiger partial charge < -0.3 is 9.88 Å². The Hall–Kier alpha value is -2.99. The van der Waals surface area contributed by atoms with Gasteiger partial charge in [0.2, 0.25) is 0 Å². The van der Waals surface area contributed by atoms with Crippen molar-refractivity contribution in [2.75, 3.05) is 7.05 Å². The Morgan fingerprint density at radius 2 is 2.04 bits per heavy atom. The van der Waals surface area contributed by atoms with Crippen molar-refractivity contribution in [2.24, 2.45) is 4.99 Å². The topological polar surface area (TPSA) is 59.3 Å². The first-order valence-corrected chi connectivity index (χ1v) is 8.36. The van der Waals surface area contributed by atoms with Crippen LogP contribution >= 0.6 is 11.6 Å². The summed E-state index contributed by atoms with van der Waals surface area (Å²) in [6.07, 6.45) is 1.65. The second-order valence-electron chi connectivity index (χ2n) is 5.80. The maximum Gasteiger partial charge on any atom is 0.271 e. The molecule has 1 amide bonds. The van der Waals surface area contributed by atoms with E-state index in [4.69, 9.17) is 11.6 Å². The van der Waals surface area contributed by atoms with Crippen LogP contribution in [-0.2, 0) is 6.54 Å². The number of fused-ring (bicyclic) bond motifs is 3. The second-order valence-corrected chi connectivity index (χ2v) is 6.23. The van der Waals surface area contributed by atoms with Gasteiger partial charge in [-0.25, -0.2) is 9.37 Å². The molecular weight excluding hydrogens is 355 g/mol. The number of imidazole rings is 1. The van der Waals surface area contributed by atoms with E-state index in [1.165, 1.54) is 6.07 Å². The summed E-state index contributed by atoms with van der Waals surface area (Å²) in [7, 11) is 1.55. The minimum absolute atomic E-state index is 0.215. The van der Waals surface area contributed by atoms with Gasteiger partial charge in [0, 0.05) is 29.4 Å². The SMILES string of the molecule is CNC(=O)c1cn2c(n1)CN=C(c1ccccc1F)c1cc(Cl)ccc1-2. The number of nitrogens with one attached hydrogen (secondary N) is 1. The Kier molecular flexibility index (Phi) is 4.05. The molecule has 0 fully saturated rings. The zero-order valence-electron chi connectivity index (χ0n) is 13.8. The van der Waals surface area contributed by atoms with Crippen molar-refractivity contribution in [1.82, 2.24) is 14.9 Å². The van der Waals surface area contributed by atoms with E-state index in [0.717, 1.165) is 5.69 Å². The van der Waals surface area contributed by atoms with E-state index in [-0.39, 0.29) is 18.3 Å². The number of aromatic nitrogens is 2. The summed E-state index contributed by atoms with van der Waals surface area (Å²) in [4.78, 5) is 20.9. The second kappa shape index (κ2) is 6.38. The summed E-state index contributed by atoms with van der Waals surface area (Å²) in [5.41, 5.74) is 2.63. The predicted octanol–water partition coefficient (Wildman–Crippen LogP) is 3.38. The summed E-state index contributed by atoms with van der Waals surface area (Å²) in [6.45, 7) is 0.215. The Bertz CT molecular complexity index is 1060. The average molecular weight is 369 g/mol. The Morgan fingerprint density at radius 1 is 1.23 bits per heavy atom. The molecule has 7 heteroatoms. The monoisotopic (exact) mass is 368 g/mol. The molecule has 3 aromatic rings. The van der Waals surface area contributed by atoms with Crippen LogP contribution in [0.4, 0.5) is 4.39 Å². The third-order valence-corrected chi connectivity index (χ3v) is 4.45. The highest BCUT2D eigenvalue weighted by Crippen LogP contribution is 2.28. The number of benzene rings is 2. The molecule has 1 aliphatic heterocycles. The number of carbonyl (C=O) groups is 1. The lowest BCUT2D eigenvalue weighted by Crippen LogP contribution is -2.18. The molecule has 0 spiro atoms. The van der Waals surface area contributed by atoms with Gasteiger partial charge in [-0.3, -0.25) is 9.79 Å². The van der Waals surface area contributed by atoms with Crippen molar-refractivity contribution in [3.05, 3.63) is 82.1 Å². The van der Waals surface area contributed by atoms with Crippen LogP contribution < -0.4 is 5.32 Å². The largest absolute Gasteiger partial charge is 0.354 e. The van der Waals surface area contributed by atoms with Crippen LogP contribution in [0.25, 0.3) is 5.69 Å². The number of aliphatic imine (C=N–C) groups is 1. The van der Waals surface area contributed by atoms with Crippen LogP contribution in [0, 0.1) is 5.82 Å². The highest BCUT2D eigenvalue weighted by Gasteiger charge is 2.23. The molecule has 2 aromatic carbocycles. The van der Waals surface area contributed by atoms with Crippen molar-refractivity contribution in [2.45, 2.75) is 6.54 Å². The van der Waals surface area contributed by atoms with E-state index in [2.05, 4.69) is 15.3 Å². The molecule has 1 aromatic heterocycles. The molecule has 130 valence electrons. The number of amides is 1. The van der Waals surface area contributed by atoms with E-state index < -0.39 is 0 Å². The predicted molar refractivity (Wildman–Crippen MR) is 97.7 cm³/mol. The standard InChI is InChI=1S/C19H14ClFN4O/c1-22-19(26)15-10-25-16-7-6-11(20)8-13(16)18(23-9-17(25)24-15)12-4-2-3-5-14(12)21/h2-8,10H,9H2,1H3,(H,22,26). The van der Waals surface area contributed by atoms with E-state index >= 15 is 0 Å². The molecule has 0 saturated heterocycles. The summed E-state index contributed by atoms with van der Waals surface area (Å²) in [5.74, 6) is -0.0410. The molecule has 1 N–H and O–H groups in total. The zero-order chi connectivity index (χ0) is 18.3. The van der Waals surface area contributed by atoms with Gasteiger partial charge in [-0.2, -0.15) is 0 Å². The fourth-order valence-corrected chi connectivity index (χ4v) is 3.17. The number of halogens is 2. The smallest absolute Gasteiger partial charge is 0.271 e. The lowest BCUT2D eigenvalue weighted by atomic mass is 10.00. The number of nitrogens with zero attached hydrogens (tertiary/aromatic N) is 3. The molecule has 2 heterocycles. The molecule has 0 radical (unpaired) electrons. The van der Waals surface area contributed by atoms with E-state index in [9.17, 15) is 9.18 Å². The fourth-order valence-electron chi connectivity index (χ4n) is 3.00. The molecule has 0 unspecified atom stereocenters. The Morgan fingerprint density at radius 3 is 2.81 bits per heavy atom. The summed E-state index contributed by atoms with van der Waals surface area (Å²) < 4.78 is 16.2. The van der Waals surface area contributed by atoms with Gasteiger partial charge in [-0.1, -0.05) is 23.7 Å². The van der Waals surface area contributed by atoms with Crippen molar-refractivity contribution < 1.29 is 9.18 Å². The summed E-state index contributed by atoms with van der Waals surface area (Å²) in [5, 5.41) is 3.08. The van der Waals surface area contributed by atoms with Crippen molar-refractivity contribution in [1.29, 1.82) is 0 Å². The highest BCUT2D eigenvalue weighted by molar-refractivity contribution is 6.31. The first kappa shape index (κ1) is 16.5. The molecule has 5 nitrogen and oxygen atoms in total. The third-order valence-electron chi connectivity index (χ3n) is 4.22. The van der Waals surface area contributed by atoms with Crippen LogP contribution in [-0.4, -0.2) is 28.2 Å². The molecule has 0 atom stereocenters. The maximum absolute atomic E-state index is 14.4. The van der Waals surface area contributed by atoms with Crippen molar-refractivity contribution in [3.63, 3.8) is 0 Å². The highest BCUT2D eigenvalue weighted by atomic mass is 35.5. The maximum atomic E-state index is 14.4. The number of rotatable bonds is 2. The minimum atomic E-state index is -0.359. The van der Waals surface area contributed by atoms with Gasteiger partial charge >= 0.3 is 0 Å². The molecule has 26 heavy (non-hydrogen) atoms. The quantitative estimate of drug-likeness (QED) is 0.753. The Balaban J connectivity index is 1.95. The van der Waals surface area contributed by atoms with E-state index in [1.807, 2.05) is 6.07 Å². The molecule has 4 rings (SSSR count). The third kappa shape index (κ3) is 2.68. The lowest BCUT2D eigenvalue weighted by molar-refractivity contribution is 0.0958. The molecule has 1 aliphatic rings. The Labute approximate surface area is 154 Å². The molecule has 0 aliphatic carbocycles. The first-order valence-electron chi connectivity index (χ1n) is 7.98. The summed E-state index contributed by atoms with van der Waals surface area (Å²) in [6, 6.07) is 11.8. The van der Waals surface area contributed by atoms with Crippen molar-refractivity contribution in [3.8, 4) is 5.69 Å². The molecule has 0 bridgehead atoms. The van der Waals surface area contributed by atoms with Gasteiger partial charge in [0.15, 0.2) is 0 Å². The fraction of sp³-hybridized carbons (Fsp3) is 0.105. The normalized spacial score (nSPS) is 12.7. The number of hydrogen-bond acceptors (Lipinski definition) is 3. The van der Waals surface area contributed by atoms with Gasteiger partial charge in [0.05, 0.1) is 17.9 Å². The summed E-state index contributed by atoms with van der Waals surface area (Å²) >= 11 is 6.19. The van der Waals surface area contributed by atoms with Crippen molar-refractivity contribution >= 4 is 23.2 Å². The van der Waals surface area contributed by atoms with Crippen LogP contribution in [0.2, 0.25) is 5.02 Å². The van der Waals surface area contributed by atoms with Gasteiger partial charge in [0.25, 0.3) is 5.91 Å². The van der Waals surface area contributed by atoms with Crippen LogP contribution in [0.15, 0.2) is 53.7 Å². The van der Waals surface area contributed by atoms with Crippen LogP contribution in [0.3, 0.4) is 0 Å². The zero-order valence-corrected chi connectivity index (χ0v) is 14.6. The van der Waals surface area contributed by atoms with Crippen LogP contribution in [0.5, 0.6) is 0 Å². The first-order chi connectivity index (χ1) is 12.6. The lowest BCUT2D eigenvalue weighted by Gasteiger charge is -2.12. The minimum Gasteiger partial charge on any atom is -0.354 e. The van der Waals surface area contributed by atoms with Gasteiger partial charge in [0.1, 0.15) is 17.3 Å². The van der Waals surface area contributed by atoms with Gasteiger partial charge in [-0.05, 0) is 30.3 Å².